The van der Waals surface area contributed by atoms with Crippen molar-refractivity contribution in [2.45, 2.75) is 26.5 Å². The molecule has 0 aliphatic heterocycles. The number of amides is 1. The number of hydrogen-bond acceptors (Lipinski definition) is 4. The van der Waals surface area contributed by atoms with Gasteiger partial charge in [0.1, 0.15) is 5.75 Å². The molecule has 0 saturated carbocycles. The Labute approximate surface area is 101 Å². The lowest BCUT2D eigenvalue weighted by Gasteiger charge is -2.12. The Balaban J connectivity index is 2.85. The lowest BCUT2D eigenvalue weighted by molar-refractivity contribution is -0.117. The number of carbonyl (C=O) groups is 1. The van der Waals surface area contributed by atoms with Crippen molar-refractivity contribution >= 4 is 11.6 Å². The molecule has 0 fully saturated rings. The van der Waals surface area contributed by atoms with E-state index in [1.54, 1.807) is 25.1 Å². The van der Waals surface area contributed by atoms with Crippen LogP contribution in [0.25, 0.3) is 0 Å². The van der Waals surface area contributed by atoms with Crippen LogP contribution in [0.5, 0.6) is 5.75 Å². The summed E-state index contributed by atoms with van der Waals surface area (Å²) < 4.78 is 5.34. The van der Waals surface area contributed by atoms with Gasteiger partial charge in [0.2, 0.25) is 5.91 Å². The first-order valence-corrected chi connectivity index (χ1v) is 5.51. The van der Waals surface area contributed by atoms with E-state index in [0.29, 0.717) is 23.6 Å². The molecule has 0 bridgehead atoms. The number of aliphatic hydroxyl groups excluding tert-OH is 1. The SMILES string of the molecule is CCOc1ccc(NC(=O)[C@H](C)N)cc1CO. The van der Waals surface area contributed by atoms with Gasteiger partial charge in [-0.1, -0.05) is 0 Å². The highest BCUT2D eigenvalue weighted by molar-refractivity contribution is 5.94. The van der Waals surface area contributed by atoms with Crippen LogP contribution in [-0.4, -0.2) is 23.7 Å². The molecule has 0 spiro atoms. The maximum Gasteiger partial charge on any atom is 0.240 e. The van der Waals surface area contributed by atoms with Crippen molar-refractivity contribution < 1.29 is 14.6 Å². The summed E-state index contributed by atoms with van der Waals surface area (Å²) >= 11 is 0. The van der Waals surface area contributed by atoms with Crippen LogP contribution in [-0.2, 0) is 11.4 Å². The number of benzene rings is 1. The minimum Gasteiger partial charge on any atom is -0.494 e. The molecule has 0 aromatic heterocycles. The number of aliphatic hydroxyl groups is 1. The number of hydrogen-bond donors (Lipinski definition) is 3. The van der Waals surface area contributed by atoms with Gasteiger partial charge in [-0.15, -0.1) is 0 Å². The smallest absolute Gasteiger partial charge is 0.240 e. The van der Waals surface area contributed by atoms with Crippen LogP contribution in [0.15, 0.2) is 18.2 Å². The van der Waals surface area contributed by atoms with Gasteiger partial charge >= 0.3 is 0 Å². The molecular weight excluding hydrogens is 220 g/mol. The molecular formula is C12H18N2O3. The van der Waals surface area contributed by atoms with Gasteiger partial charge in [-0.05, 0) is 32.0 Å². The summed E-state index contributed by atoms with van der Waals surface area (Å²) in [7, 11) is 0. The fraction of sp³-hybridized carbons (Fsp3) is 0.417. The summed E-state index contributed by atoms with van der Waals surface area (Å²) in [6, 6.07) is 4.53. The van der Waals surface area contributed by atoms with Crippen molar-refractivity contribution in [1.29, 1.82) is 0 Å². The van der Waals surface area contributed by atoms with E-state index in [0.717, 1.165) is 0 Å². The standard InChI is InChI=1S/C12H18N2O3/c1-3-17-11-5-4-10(6-9(11)7-15)14-12(16)8(2)13/h4-6,8,15H,3,7,13H2,1-2H3,(H,14,16)/t8-/m0/s1. The molecule has 0 unspecified atom stereocenters. The van der Waals surface area contributed by atoms with E-state index in [4.69, 9.17) is 10.5 Å². The molecule has 0 aliphatic rings. The second kappa shape index (κ2) is 6.22. The minimum absolute atomic E-state index is 0.142. The Morgan fingerprint density at radius 3 is 2.82 bits per heavy atom. The van der Waals surface area contributed by atoms with E-state index < -0.39 is 6.04 Å². The van der Waals surface area contributed by atoms with Gasteiger partial charge in [0, 0.05) is 11.3 Å². The first-order chi connectivity index (χ1) is 8.08. The van der Waals surface area contributed by atoms with Crippen molar-refractivity contribution in [2.24, 2.45) is 5.73 Å². The molecule has 5 heteroatoms. The highest BCUT2D eigenvalue weighted by atomic mass is 16.5. The van der Waals surface area contributed by atoms with Crippen LogP contribution in [0.3, 0.4) is 0 Å². The van der Waals surface area contributed by atoms with Gasteiger partial charge in [-0.2, -0.15) is 0 Å². The third kappa shape index (κ3) is 3.72. The topological polar surface area (TPSA) is 84.6 Å². The van der Waals surface area contributed by atoms with Crippen LogP contribution in [0.4, 0.5) is 5.69 Å². The average molecular weight is 238 g/mol. The summed E-state index contributed by atoms with van der Waals surface area (Å²) in [5.41, 5.74) is 6.68. The summed E-state index contributed by atoms with van der Waals surface area (Å²) in [6.07, 6.45) is 0. The highest BCUT2D eigenvalue weighted by Crippen LogP contribution is 2.23. The zero-order valence-electron chi connectivity index (χ0n) is 10.1. The van der Waals surface area contributed by atoms with Gasteiger partial charge in [0.15, 0.2) is 0 Å². The summed E-state index contributed by atoms with van der Waals surface area (Å²) in [6.45, 7) is 3.86. The molecule has 1 rings (SSSR count). The molecule has 17 heavy (non-hydrogen) atoms. The molecule has 1 aromatic rings. The third-order valence-electron chi connectivity index (χ3n) is 2.21. The largest absolute Gasteiger partial charge is 0.494 e. The minimum atomic E-state index is -0.570. The Bertz CT molecular complexity index is 391. The summed E-state index contributed by atoms with van der Waals surface area (Å²) in [5, 5.41) is 11.9. The summed E-state index contributed by atoms with van der Waals surface area (Å²) in [5.74, 6) is 0.354. The van der Waals surface area contributed by atoms with Gasteiger partial charge in [0.25, 0.3) is 0 Å². The molecule has 94 valence electrons. The molecule has 1 aromatic carbocycles. The molecule has 5 nitrogen and oxygen atoms in total. The first-order valence-electron chi connectivity index (χ1n) is 5.51. The van der Waals surface area contributed by atoms with Crippen molar-refractivity contribution in [3.05, 3.63) is 23.8 Å². The normalized spacial score (nSPS) is 12.0. The van der Waals surface area contributed by atoms with E-state index in [-0.39, 0.29) is 12.5 Å². The first kappa shape index (κ1) is 13.5. The fourth-order valence-corrected chi connectivity index (χ4v) is 1.33. The van der Waals surface area contributed by atoms with Crippen molar-refractivity contribution in [2.75, 3.05) is 11.9 Å². The molecule has 0 aliphatic carbocycles. The second-order valence-electron chi connectivity index (χ2n) is 3.69. The fourth-order valence-electron chi connectivity index (χ4n) is 1.33. The molecule has 0 saturated heterocycles. The zero-order chi connectivity index (χ0) is 12.8. The lowest BCUT2D eigenvalue weighted by Crippen LogP contribution is -2.32. The van der Waals surface area contributed by atoms with Crippen LogP contribution in [0.2, 0.25) is 0 Å². The number of anilines is 1. The van der Waals surface area contributed by atoms with Crippen molar-refractivity contribution in [1.82, 2.24) is 0 Å². The van der Waals surface area contributed by atoms with Crippen LogP contribution in [0.1, 0.15) is 19.4 Å². The van der Waals surface area contributed by atoms with E-state index in [1.165, 1.54) is 0 Å². The Morgan fingerprint density at radius 1 is 1.59 bits per heavy atom. The Morgan fingerprint density at radius 2 is 2.29 bits per heavy atom. The van der Waals surface area contributed by atoms with Crippen LogP contribution < -0.4 is 15.8 Å². The van der Waals surface area contributed by atoms with Gasteiger partial charge < -0.3 is 20.9 Å². The van der Waals surface area contributed by atoms with Crippen molar-refractivity contribution in [3.63, 3.8) is 0 Å². The Hall–Kier alpha value is -1.59. The third-order valence-corrected chi connectivity index (χ3v) is 2.21. The number of ether oxygens (including phenoxy) is 1. The number of rotatable bonds is 5. The number of carbonyl (C=O) groups excluding carboxylic acids is 1. The second-order valence-corrected chi connectivity index (χ2v) is 3.69. The molecule has 0 heterocycles. The molecule has 1 amide bonds. The number of nitrogens with two attached hydrogens (primary N) is 1. The average Bonchev–Trinajstić information content (AvgIpc) is 2.31. The van der Waals surface area contributed by atoms with Crippen LogP contribution >= 0.6 is 0 Å². The van der Waals surface area contributed by atoms with Crippen LogP contribution in [0, 0.1) is 0 Å². The number of nitrogens with one attached hydrogen (secondary N) is 1. The summed E-state index contributed by atoms with van der Waals surface area (Å²) in [4.78, 5) is 11.4. The maximum absolute atomic E-state index is 11.4. The molecule has 0 radical (unpaired) electrons. The Kier molecular flexibility index (Phi) is 4.93. The monoisotopic (exact) mass is 238 g/mol. The van der Waals surface area contributed by atoms with E-state index in [9.17, 15) is 9.90 Å². The zero-order valence-corrected chi connectivity index (χ0v) is 10.1. The lowest BCUT2D eigenvalue weighted by atomic mass is 10.2. The quantitative estimate of drug-likeness (QED) is 0.710. The van der Waals surface area contributed by atoms with Crippen molar-refractivity contribution in [3.8, 4) is 5.75 Å². The van der Waals surface area contributed by atoms with E-state index in [2.05, 4.69) is 5.32 Å². The maximum atomic E-state index is 11.4. The van der Waals surface area contributed by atoms with Gasteiger partial charge in [-0.3, -0.25) is 4.79 Å². The molecule has 4 N–H and O–H groups in total. The van der Waals surface area contributed by atoms with E-state index >= 15 is 0 Å². The molecule has 1 atom stereocenters. The predicted molar refractivity (Wildman–Crippen MR) is 65.8 cm³/mol. The van der Waals surface area contributed by atoms with E-state index in [1.807, 2.05) is 6.92 Å². The highest BCUT2D eigenvalue weighted by Gasteiger charge is 2.09. The van der Waals surface area contributed by atoms with Gasteiger partial charge in [-0.25, -0.2) is 0 Å². The van der Waals surface area contributed by atoms with Gasteiger partial charge in [0.05, 0.1) is 19.3 Å². The predicted octanol–water partition coefficient (Wildman–Crippen LogP) is 0.863.